The van der Waals surface area contributed by atoms with Crippen LogP contribution in [0.2, 0.25) is 0 Å². The van der Waals surface area contributed by atoms with Gasteiger partial charge in [-0.3, -0.25) is 4.79 Å². The number of carbonyl (C=O) groups is 1. The fourth-order valence-corrected chi connectivity index (χ4v) is 3.50. The molecular weight excluding hydrogens is 214 g/mol. The predicted octanol–water partition coefficient (Wildman–Crippen LogP) is 0.868. The summed E-state index contributed by atoms with van der Waals surface area (Å²) in [6.45, 7) is 5.54. The van der Waals surface area contributed by atoms with Gasteiger partial charge in [0.15, 0.2) is 9.84 Å². The third-order valence-electron chi connectivity index (χ3n) is 2.37. The Kier molecular flexibility index (Phi) is 3.43. The molecule has 0 radical (unpaired) electrons. The van der Waals surface area contributed by atoms with E-state index in [9.17, 15) is 13.2 Å². The van der Waals surface area contributed by atoms with Crippen LogP contribution in [0.4, 0.5) is 0 Å². The van der Waals surface area contributed by atoms with Crippen LogP contribution in [-0.4, -0.2) is 30.9 Å². The normalized spacial score (nSPS) is 25.9. The highest BCUT2D eigenvalue weighted by atomic mass is 32.2. The van der Waals surface area contributed by atoms with Crippen molar-refractivity contribution in [2.24, 2.45) is 0 Å². The van der Waals surface area contributed by atoms with Crippen LogP contribution in [0.25, 0.3) is 0 Å². The van der Waals surface area contributed by atoms with Crippen LogP contribution in [0.3, 0.4) is 0 Å². The summed E-state index contributed by atoms with van der Waals surface area (Å²) < 4.78 is 23.3. The van der Waals surface area contributed by atoms with Gasteiger partial charge in [0.2, 0.25) is 5.91 Å². The minimum atomic E-state index is -3.21. The topological polar surface area (TPSA) is 63.2 Å². The minimum absolute atomic E-state index is 0.148. The van der Waals surface area contributed by atoms with Crippen molar-refractivity contribution in [3.8, 4) is 0 Å². The van der Waals surface area contributed by atoms with Gasteiger partial charge in [0, 0.05) is 5.54 Å². The molecule has 4 nitrogen and oxygen atoms in total. The van der Waals surface area contributed by atoms with E-state index < -0.39 is 15.1 Å². The fourth-order valence-electron chi connectivity index (χ4n) is 1.70. The zero-order valence-electron chi connectivity index (χ0n) is 9.54. The Labute approximate surface area is 91.4 Å². The number of amides is 1. The van der Waals surface area contributed by atoms with Crippen molar-refractivity contribution >= 4 is 15.7 Å². The minimum Gasteiger partial charge on any atom is -0.350 e. The molecule has 1 rings (SSSR count). The monoisotopic (exact) mass is 233 g/mol. The van der Waals surface area contributed by atoms with Crippen LogP contribution in [0.15, 0.2) is 0 Å². The molecule has 0 aromatic carbocycles. The summed E-state index contributed by atoms with van der Waals surface area (Å²) in [5, 5.41) is 1.90. The zero-order chi connectivity index (χ0) is 11.7. The maximum Gasteiger partial charge on any atom is 0.238 e. The van der Waals surface area contributed by atoms with Crippen LogP contribution in [0, 0.1) is 0 Å². The van der Waals surface area contributed by atoms with E-state index in [4.69, 9.17) is 0 Å². The van der Waals surface area contributed by atoms with E-state index in [-0.39, 0.29) is 17.2 Å². The number of hydrogen-bond acceptors (Lipinski definition) is 3. The van der Waals surface area contributed by atoms with Crippen LogP contribution in [-0.2, 0) is 14.6 Å². The summed E-state index contributed by atoms with van der Waals surface area (Å²) in [7, 11) is -3.21. The van der Waals surface area contributed by atoms with Crippen molar-refractivity contribution < 1.29 is 13.2 Å². The summed E-state index contributed by atoms with van der Waals surface area (Å²) in [5.74, 6) is -0.197. The molecule has 15 heavy (non-hydrogen) atoms. The maximum absolute atomic E-state index is 11.7. The molecule has 1 heterocycles. The predicted molar refractivity (Wildman–Crippen MR) is 59.3 cm³/mol. The Balaban J connectivity index is 2.74. The Hall–Kier alpha value is -0.580. The molecule has 1 unspecified atom stereocenters. The van der Waals surface area contributed by atoms with Crippen LogP contribution in [0.1, 0.15) is 40.0 Å². The van der Waals surface area contributed by atoms with Gasteiger partial charge in [-0.1, -0.05) is 6.42 Å². The number of sulfone groups is 1. The lowest BCUT2D eigenvalue weighted by atomic mass is 10.1. The second kappa shape index (κ2) is 4.12. The molecular formula is C10H19NO3S. The second-order valence-corrected chi connectivity index (χ2v) is 7.39. The molecule has 1 aliphatic rings. The molecule has 1 N–H and O–H groups in total. The van der Waals surface area contributed by atoms with Gasteiger partial charge in [-0.25, -0.2) is 8.42 Å². The standard InChI is InChI=1S/C10H19NO3S/c1-10(2,3)11-9(12)8-6-4-5-7-15(8,13)14/h8H,4-7H2,1-3H3,(H,11,12). The first kappa shape index (κ1) is 12.5. The summed E-state index contributed by atoms with van der Waals surface area (Å²) in [4.78, 5) is 11.7. The Morgan fingerprint density at radius 3 is 2.33 bits per heavy atom. The molecule has 0 aromatic rings. The van der Waals surface area contributed by atoms with Crippen molar-refractivity contribution in [2.75, 3.05) is 5.75 Å². The molecule has 1 amide bonds. The number of hydrogen-bond donors (Lipinski definition) is 1. The van der Waals surface area contributed by atoms with Crippen LogP contribution >= 0.6 is 0 Å². The smallest absolute Gasteiger partial charge is 0.238 e. The Morgan fingerprint density at radius 2 is 1.87 bits per heavy atom. The molecule has 1 aliphatic heterocycles. The van der Waals surface area contributed by atoms with Crippen molar-refractivity contribution in [3.63, 3.8) is 0 Å². The van der Waals surface area contributed by atoms with E-state index >= 15 is 0 Å². The largest absolute Gasteiger partial charge is 0.350 e. The van der Waals surface area contributed by atoms with Gasteiger partial charge >= 0.3 is 0 Å². The van der Waals surface area contributed by atoms with Gasteiger partial charge in [0.05, 0.1) is 5.75 Å². The first-order valence-electron chi connectivity index (χ1n) is 5.26. The van der Waals surface area contributed by atoms with E-state index in [2.05, 4.69) is 5.32 Å². The van der Waals surface area contributed by atoms with Crippen LogP contribution in [0.5, 0.6) is 0 Å². The molecule has 5 heteroatoms. The Morgan fingerprint density at radius 1 is 1.27 bits per heavy atom. The Bertz CT molecular complexity index is 340. The maximum atomic E-state index is 11.7. The van der Waals surface area contributed by atoms with Gasteiger partial charge in [-0.05, 0) is 33.6 Å². The average molecular weight is 233 g/mol. The zero-order valence-corrected chi connectivity index (χ0v) is 10.4. The average Bonchev–Trinajstić information content (AvgIpc) is 1.99. The summed E-state index contributed by atoms with van der Waals surface area (Å²) in [5.41, 5.74) is -0.371. The van der Waals surface area contributed by atoms with Gasteiger partial charge in [-0.15, -0.1) is 0 Å². The van der Waals surface area contributed by atoms with Crippen molar-refractivity contribution in [2.45, 2.75) is 50.8 Å². The quantitative estimate of drug-likeness (QED) is 0.731. The van der Waals surface area contributed by atoms with Gasteiger partial charge in [-0.2, -0.15) is 0 Å². The number of rotatable bonds is 1. The van der Waals surface area contributed by atoms with Crippen molar-refractivity contribution in [3.05, 3.63) is 0 Å². The molecule has 1 saturated heterocycles. The first-order chi connectivity index (χ1) is 6.72. The molecule has 0 bridgehead atoms. The highest BCUT2D eigenvalue weighted by Crippen LogP contribution is 2.20. The van der Waals surface area contributed by atoms with Crippen LogP contribution < -0.4 is 5.32 Å². The second-order valence-electron chi connectivity index (χ2n) is 5.09. The summed E-state index contributed by atoms with van der Waals surface area (Å²) in [6, 6.07) is 0. The van der Waals surface area contributed by atoms with Crippen molar-refractivity contribution in [1.82, 2.24) is 5.32 Å². The van der Waals surface area contributed by atoms with E-state index in [1.165, 1.54) is 0 Å². The van der Waals surface area contributed by atoms with Gasteiger partial charge in [0.25, 0.3) is 0 Å². The van der Waals surface area contributed by atoms with Gasteiger partial charge < -0.3 is 5.32 Å². The lowest BCUT2D eigenvalue weighted by Gasteiger charge is -2.26. The van der Waals surface area contributed by atoms with E-state index in [0.29, 0.717) is 12.8 Å². The van der Waals surface area contributed by atoms with Gasteiger partial charge in [0.1, 0.15) is 5.25 Å². The first-order valence-corrected chi connectivity index (χ1v) is 6.97. The molecule has 1 fully saturated rings. The van der Waals surface area contributed by atoms with E-state index in [1.807, 2.05) is 20.8 Å². The number of carbonyl (C=O) groups excluding carboxylic acids is 1. The number of nitrogens with one attached hydrogen (secondary N) is 1. The third kappa shape index (κ3) is 3.48. The summed E-state index contributed by atoms with van der Waals surface area (Å²) >= 11 is 0. The molecule has 0 aliphatic carbocycles. The third-order valence-corrected chi connectivity index (χ3v) is 4.54. The highest BCUT2D eigenvalue weighted by molar-refractivity contribution is 7.92. The fraction of sp³-hybridized carbons (Fsp3) is 0.900. The lowest BCUT2D eigenvalue weighted by molar-refractivity contribution is -0.122. The SMILES string of the molecule is CC(C)(C)NC(=O)C1CCCCS1(=O)=O. The molecule has 1 atom stereocenters. The van der Waals surface area contributed by atoms with E-state index in [1.54, 1.807) is 0 Å². The molecule has 0 saturated carbocycles. The molecule has 0 aromatic heterocycles. The van der Waals surface area contributed by atoms with E-state index in [0.717, 1.165) is 6.42 Å². The lowest BCUT2D eigenvalue weighted by Crippen LogP contribution is -2.49. The summed E-state index contributed by atoms with van der Waals surface area (Å²) in [6.07, 6.45) is 1.97. The van der Waals surface area contributed by atoms with Crippen molar-refractivity contribution in [1.29, 1.82) is 0 Å². The molecule has 88 valence electrons. The highest BCUT2D eigenvalue weighted by Gasteiger charge is 2.35. The molecule has 0 spiro atoms.